The molecular weight excluding hydrogens is 192 g/mol. The zero-order valence-corrected chi connectivity index (χ0v) is 9.26. The van der Waals surface area contributed by atoms with Gasteiger partial charge in [0.25, 0.3) is 0 Å². The molecular formula is C13H17Cl. The average Bonchev–Trinajstić information content (AvgIpc) is 2.26. The number of hydrogen-bond donors (Lipinski definition) is 0. The summed E-state index contributed by atoms with van der Waals surface area (Å²) >= 11 is 5.75. The van der Waals surface area contributed by atoms with E-state index in [1.165, 1.54) is 25.7 Å². The molecule has 0 nitrogen and oxygen atoms in total. The van der Waals surface area contributed by atoms with E-state index in [1.807, 2.05) is 0 Å². The van der Waals surface area contributed by atoms with Crippen LogP contribution in [-0.2, 0) is 6.42 Å². The number of aryl methyl sites for hydroxylation is 1. The van der Waals surface area contributed by atoms with Crippen LogP contribution in [0.15, 0.2) is 24.3 Å². The topological polar surface area (TPSA) is 0 Å². The van der Waals surface area contributed by atoms with Gasteiger partial charge in [-0.15, -0.1) is 11.6 Å². The van der Waals surface area contributed by atoms with Gasteiger partial charge in [-0.2, -0.15) is 0 Å². The van der Waals surface area contributed by atoms with Crippen LogP contribution in [0.5, 0.6) is 0 Å². The van der Waals surface area contributed by atoms with E-state index in [-0.39, 0.29) is 0 Å². The third-order valence-electron chi connectivity index (χ3n) is 3.18. The number of rotatable bonds is 3. The van der Waals surface area contributed by atoms with Crippen LogP contribution in [0.1, 0.15) is 42.7 Å². The summed E-state index contributed by atoms with van der Waals surface area (Å²) in [5, 5.41) is 0. The molecule has 0 saturated carbocycles. The molecule has 2 rings (SSSR count). The molecule has 0 fully saturated rings. The molecule has 0 N–H and O–H groups in total. The van der Waals surface area contributed by atoms with Gasteiger partial charge in [0.15, 0.2) is 0 Å². The summed E-state index contributed by atoms with van der Waals surface area (Å²) in [5.41, 5.74) is 3.15. The van der Waals surface area contributed by atoms with Crippen molar-refractivity contribution in [3.8, 4) is 0 Å². The minimum Gasteiger partial charge on any atom is -0.127 e. The molecule has 0 bridgehead atoms. The fourth-order valence-corrected chi connectivity index (χ4v) is 2.63. The van der Waals surface area contributed by atoms with Crippen molar-refractivity contribution in [3.05, 3.63) is 35.4 Å². The number of fused-ring (bicyclic) bond motifs is 1. The van der Waals surface area contributed by atoms with Crippen LogP contribution in [0.4, 0.5) is 0 Å². The lowest BCUT2D eigenvalue weighted by atomic mass is 9.81. The molecule has 1 aliphatic carbocycles. The molecule has 0 heterocycles. The predicted molar refractivity (Wildman–Crippen MR) is 62.1 cm³/mol. The summed E-state index contributed by atoms with van der Waals surface area (Å²) in [6.07, 6.45) is 6.40. The van der Waals surface area contributed by atoms with Gasteiger partial charge in [0.2, 0.25) is 0 Å². The molecule has 0 radical (unpaired) electrons. The van der Waals surface area contributed by atoms with Crippen molar-refractivity contribution in [2.75, 3.05) is 5.88 Å². The van der Waals surface area contributed by atoms with Crippen LogP contribution >= 0.6 is 11.6 Å². The Bertz CT molecular complexity index is 293. The third-order valence-corrected chi connectivity index (χ3v) is 3.45. The van der Waals surface area contributed by atoms with E-state index in [4.69, 9.17) is 11.6 Å². The highest BCUT2D eigenvalue weighted by atomic mass is 35.5. The zero-order valence-electron chi connectivity index (χ0n) is 8.51. The van der Waals surface area contributed by atoms with Gasteiger partial charge in [-0.05, 0) is 49.1 Å². The van der Waals surface area contributed by atoms with E-state index in [0.29, 0.717) is 0 Å². The number of hydrogen-bond acceptors (Lipinski definition) is 0. The van der Waals surface area contributed by atoms with Crippen molar-refractivity contribution in [2.24, 2.45) is 0 Å². The molecule has 0 amide bonds. The van der Waals surface area contributed by atoms with Gasteiger partial charge in [0.05, 0.1) is 0 Å². The fraction of sp³-hybridized carbons (Fsp3) is 0.538. The second-order valence-electron chi connectivity index (χ2n) is 4.12. The Balaban J connectivity index is 2.14. The first-order valence-electron chi connectivity index (χ1n) is 5.55. The van der Waals surface area contributed by atoms with Crippen molar-refractivity contribution in [1.29, 1.82) is 0 Å². The first kappa shape index (κ1) is 10.0. The smallest absolute Gasteiger partial charge is 0.0223 e. The van der Waals surface area contributed by atoms with Crippen LogP contribution in [0, 0.1) is 0 Å². The Labute approximate surface area is 91.3 Å². The molecule has 1 atom stereocenters. The van der Waals surface area contributed by atoms with E-state index in [1.54, 1.807) is 11.1 Å². The lowest BCUT2D eigenvalue weighted by Crippen LogP contribution is -2.09. The van der Waals surface area contributed by atoms with Crippen LogP contribution in [0.3, 0.4) is 0 Å². The van der Waals surface area contributed by atoms with E-state index in [9.17, 15) is 0 Å². The number of alkyl halides is 1. The molecule has 1 unspecified atom stereocenters. The highest BCUT2D eigenvalue weighted by Crippen LogP contribution is 2.34. The van der Waals surface area contributed by atoms with Crippen molar-refractivity contribution in [1.82, 2.24) is 0 Å². The van der Waals surface area contributed by atoms with Gasteiger partial charge in [-0.3, -0.25) is 0 Å². The quantitative estimate of drug-likeness (QED) is 0.656. The molecule has 1 aromatic carbocycles. The lowest BCUT2D eigenvalue weighted by molar-refractivity contribution is 0.516. The summed E-state index contributed by atoms with van der Waals surface area (Å²) in [6, 6.07) is 8.90. The molecule has 0 aromatic heterocycles. The molecule has 0 spiro atoms. The molecule has 1 heteroatoms. The Morgan fingerprint density at radius 1 is 1.29 bits per heavy atom. The predicted octanol–water partition coefficient (Wildman–Crippen LogP) is 4.13. The fourth-order valence-electron chi connectivity index (χ4n) is 2.48. The monoisotopic (exact) mass is 208 g/mol. The second-order valence-corrected chi connectivity index (χ2v) is 4.50. The Hall–Kier alpha value is -0.490. The summed E-state index contributed by atoms with van der Waals surface area (Å²) in [6.45, 7) is 0. The molecule has 0 saturated heterocycles. The average molecular weight is 209 g/mol. The van der Waals surface area contributed by atoms with Crippen molar-refractivity contribution >= 4 is 11.6 Å². The summed E-state index contributed by atoms with van der Waals surface area (Å²) in [4.78, 5) is 0. The van der Waals surface area contributed by atoms with Crippen molar-refractivity contribution < 1.29 is 0 Å². The van der Waals surface area contributed by atoms with E-state index < -0.39 is 0 Å². The van der Waals surface area contributed by atoms with Crippen LogP contribution in [0.25, 0.3) is 0 Å². The van der Waals surface area contributed by atoms with Gasteiger partial charge in [-0.25, -0.2) is 0 Å². The van der Waals surface area contributed by atoms with Crippen LogP contribution in [0.2, 0.25) is 0 Å². The van der Waals surface area contributed by atoms with Gasteiger partial charge >= 0.3 is 0 Å². The maximum absolute atomic E-state index is 5.75. The Kier molecular flexibility index (Phi) is 3.47. The van der Waals surface area contributed by atoms with Gasteiger partial charge < -0.3 is 0 Å². The first-order valence-corrected chi connectivity index (χ1v) is 6.09. The second kappa shape index (κ2) is 4.84. The number of halogens is 1. The lowest BCUT2D eigenvalue weighted by Gasteiger charge is -2.25. The summed E-state index contributed by atoms with van der Waals surface area (Å²) in [5.74, 6) is 1.58. The van der Waals surface area contributed by atoms with Gasteiger partial charge in [0, 0.05) is 5.88 Å². The van der Waals surface area contributed by atoms with Crippen molar-refractivity contribution in [2.45, 2.75) is 38.0 Å². The first-order chi connectivity index (χ1) is 6.92. The Morgan fingerprint density at radius 2 is 2.14 bits per heavy atom. The highest BCUT2D eigenvalue weighted by Gasteiger charge is 2.18. The summed E-state index contributed by atoms with van der Waals surface area (Å²) in [7, 11) is 0. The molecule has 0 aliphatic heterocycles. The molecule has 1 aliphatic rings. The minimum atomic E-state index is 0.777. The highest BCUT2D eigenvalue weighted by molar-refractivity contribution is 6.17. The SMILES string of the molecule is ClCCCC1CCCc2ccccc21. The third kappa shape index (κ3) is 2.12. The normalized spacial score (nSPS) is 20.5. The van der Waals surface area contributed by atoms with E-state index in [0.717, 1.165) is 18.2 Å². The van der Waals surface area contributed by atoms with Crippen molar-refractivity contribution in [3.63, 3.8) is 0 Å². The minimum absolute atomic E-state index is 0.777. The van der Waals surface area contributed by atoms with Gasteiger partial charge in [-0.1, -0.05) is 24.3 Å². The largest absolute Gasteiger partial charge is 0.127 e. The standard InChI is InChI=1S/C13H17Cl/c14-10-4-8-12-7-3-6-11-5-1-2-9-13(11)12/h1-2,5,9,12H,3-4,6-8,10H2. The number of benzene rings is 1. The van der Waals surface area contributed by atoms with Crippen LogP contribution in [-0.4, -0.2) is 5.88 Å². The maximum atomic E-state index is 5.75. The maximum Gasteiger partial charge on any atom is 0.0223 e. The van der Waals surface area contributed by atoms with Gasteiger partial charge in [0.1, 0.15) is 0 Å². The molecule has 76 valence electrons. The summed E-state index contributed by atoms with van der Waals surface area (Å²) < 4.78 is 0. The molecule has 1 aromatic rings. The van der Waals surface area contributed by atoms with E-state index in [2.05, 4.69) is 24.3 Å². The zero-order chi connectivity index (χ0) is 9.80. The van der Waals surface area contributed by atoms with E-state index >= 15 is 0 Å². The molecule has 14 heavy (non-hydrogen) atoms. The Morgan fingerprint density at radius 3 is 3.00 bits per heavy atom. The van der Waals surface area contributed by atoms with Crippen LogP contribution < -0.4 is 0 Å².